The number of benzene rings is 2. The largest absolute Gasteiger partial charge is 0.292 e. The number of thioether (sulfide) groups is 2. The zero-order valence-electron chi connectivity index (χ0n) is 20.5. The van der Waals surface area contributed by atoms with E-state index in [2.05, 4.69) is 10.9 Å². The molecule has 0 spiro atoms. The van der Waals surface area contributed by atoms with E-state index in [-0.39, 0.29) is 37.7 Å². The maximum atomic E-state index is 12.8. The maximum absolute atomic E-state index is 12.8. The normalized spacial score (nSPS) is 17.4. The van der Waals surface area contributed by atoms with Crippen LogP contribution in [0.4, 0.5) is 0 Å². The number of hydrazine groups is 1. The smallest absolute Gasteiger partial charge is 0.266 e. The van der Waals surface area contributed by atoms with Crippen molar-refractivity contribution in [3.63, 3.8) is 0 Å². The second-order valence-electron chi connectivity index (χ2n) is 8.31. The summed E-state index contributed by atoms with van der Waals surface area (Å²) in [6, 6.07) is 14.2. The lowest BCUT2D eigenvalue weighted by Gasteiger charge is -2.15. The van der Waals surface area contributed by atoms with Crippen molar-refractivity contribution in [3.05, 3.63) is 79.5 Å². The molecular weight excluding hydrogens is 631 g/mol. The molecule has 0 aromatic heterocycles. The van der Waals surface area contributed by atoms with E-state index in [1.807, 2.05) is 12.1 Å². The average molecular weight is 652 g/mol. The van der Waals surface area contributed by atoms with Gasteiger partial charge in [-0.3, -0.25) is 39.8 Å². The minimum Gasteiger partial charge on any atom is -0.292 e. The summed E-state index contributed by atoms with van der Waals surface area (Å²) in [5.74, 6) is -1.66. The Bertz CT molecular complexity index is 1370. The number of rotatable bonds is 8. The van der Waals surface area contributed by atoms with Crippen LogP contribution in [-0.4, -0.2) is 55.2 Å². The Hall–Kier alpha value is -2.74. The minimum absolute atomic E-state index is 0.0422. The van der Waals surface area contributed by atoms with Crippen molar-refractivity contribution in [2.24, 2.45) is 0 Å². The lowest BCUT2D eigenvalue weighted by molar-refractivity contribution is -0.130. The highest BCUT2D eigenvalue weighted by atomic mass is 35.5. The van der Waals surface area contributed by atoms with Crippen LogP contribution in [0.1, 0.15) is 24.0 Å². The molecule has 0 unspecified atom stereocenters. The molecule has 2 aromatic rings. The molecule has 0 atom stereocenters. The predicted octanol–water partition coefficient (Wildman–Crippen LogP) is 5.02. The van der Waals surface area contributed by atoms with Gasteiger partial charge in [0.05, 0.1) is 9.81 Å². The van der Waals surface area contributed by atoms with E-state index in [1.165, 1.54) is 9.80 Å². The van der Waals surface area contributed by atoms with Crippen LogP contribution in [0, 0.1) is 0 Å². The van der Waals surface area contributed by atoms with Gasteiger partial charge >= 0.3 is 0 Å². The molecule has 2 heterocycles. The van der Waals surface area contributed by atoms with Crippen LogP contribution < -0.4 is 10.9 Å². The average Bonchev–Trinajstić information content (AvgIpc) is 3.35. The number of thiocarbonyl (C=S) groups is 2. The van der Waals surface area contributed by atoms with E-state index >= 15 is 0 Å². The van der Waals surface area contributed by atoms with Crippen LogP contribution in [0.5, 0.6) is 0 Å². The molecule has 8 nitrogen and oxygen atoms in total. The third kappa shape index (κ3) is 7.50. The number of amides is 4. The third-order valence-electron chi connectivity index (χ3n) is 5.60. The Morgan fingerprint density at radius 2 is 1.10 bits per heavy atom. The van der Waals surface area contributed by atoms with Crippen LogP contribution >= 0.6 is 71.2 Å². The lowest BCUT2D eigenvalue weighted by atomic mass is 10.2. The fraction of sp³-hybridized carbons (Fsp3) is 0.154. The van der Waals surface area contributed by atoms with Crippen LogP contribution in [0.3, 0.4) is 0 Å². The number of carbonyl (C=O) groups excluding carboxylic acids is 4. The number of halogens is 2. The quantitative estimate of drug-likeness (QED) is 0.233. The molecule has 14 heteroatoms. The second-order valence-corrected chi connectivity index (χ2v) is 12.5. The molecule has 4 amide bonds. The second kappa shape index (κ2) is 13.7. The van der Waals surface area contributed by atoms with Gasteiger partial charge in [0.15, 0.2) is 0 Å². The predicted molar refractivity (Wildman–Crippen MR) is 168 cm³/mol. The summed E-state index contributed by atoms with van der Waals surface area (Å²) < 4.78 is 0.652. The first-order valence-corrected chi connectivity index (χ1v) is 14.9. The summed E-state index contributed by atoms with van der Waals surface area (Å²) in [5, 5.41) is 1.01. The van der Waals surface area contributed by atoms with E-state index in [0.29, 0.717) is 39.6 Å². The van der Waals surface area contributed by atoms with Gasteiger partial charge in [-0.15, -0.1) is 0 Å². The summed E-state index contributed by atoms with van der Waals surface area (Å²) >= 11 is 25.2. The fourth-order valence-corrected chi connectivity index (χ4v) is 6.52. The van der Waals surface area contributed by atoms with Gasteiger partial charge in [0.2, 0.25) is 11.8 Å². The Balaban J connectivity index is 1.22. The summed E-state index contributed by atoms with van der Waals surface area (Å²) in [5.41, 5.74) is 6.00. The Morgan fingerprint density at radius 1 is 0.725 bits per heavy atom. The molecule has 2 N–H and O–H groups in total. The maximum Gasteiger partial charge on any atom is 0.266 e. The van der Waals surface area contributed by atoms with Gasteiger partial charge in [-0.1, -0.05) is 108 Å². The highest BCUT2D eigenvalue weighted by Crippen LogP contribution is 2.35. The Morgan fingerprint density at radius 3 is 1.48 bits per heavy atom. The van der Waals surface area contributed by atoms with Crippen molar-refractivity contribution in [1.82, 2.24) is 20.7 Å². The van der Waals surface area contributed by atoms with Gasteiger partial charge in [-0.2, -0.15) is 0 Å². The first-order valence-electron chi connectivity index (χ1n) is 11.7. The van der Waals surface area contributed by atoms with Crippen LogP contribution in [0.2, 0.25) is 10.0 Å². The van der Waals surface area contributed by atoms with Crippen molar-refractivity contribution in [3.8, 4) is 0 Å². The van der Waals surface area contributed by atoms with Gasteiger partial charge < -0.3 is 0 Å². The molecule has 2 aromatic carbocycles. The van der Waals surface area contributed by atoms with Crippen molar-refractivity contribution < 1.29 is 19.2 Å². The van der Waals surface area contributed by atoms with Crippen molar-refractivity contribution in [1.29, 1.82) is 0 Å². The molecule has 206 valence electrons. The minimum atomic E-state index is -0.509. The lowest BCUT2D eigenvalue weighted by Crippen LogP contribution is -2.44. The summed E-state index contributed by atoms with van der Waals surface area (Å²) in [6.45, 7) is 0.0844. The molecule has 2 aliphatic rings. The van der Waals surface area contributed by atoms with Gasteiger partial charge in [-0.05, 0) is 35.4 Å². The zero-order valence-corrected chi connectivity index (χ0v) is 25.3. The summed E-state index contributed by atoms with van der Waals surface area (Å²) in [6.07, 6.45) is 3.14. The fourth-order valence-electron chi connectivity index (χ4n) is 3.54. The summed E-state index contributed by atoms with van der Waals surface area (Å²) in [7, 11) is 0. The molecule has 2 fully saturated rings. The topological polar surface area (TPSA) is 98.8 Å². The first kappa shape index (κ1) is 30.2. The molecule has 0 bridgehead atoms. The monoisotopic (exact) mass is 650 g/mol. The van der Waals surface area contributed by atoms with E-state index in [4.69, 9.17) is 47.6 Å². The Kier molecular flexibility index (Phi) is 10.4. The van der Waals surface area contributed by atoms with Crippen LogP contribution in [-0.2, 0) is 19.2 Å². The number of carbonyl (C=O) groups is 4. The van der Waals surface area contributed by atoms with Crippen LogP contribution in [0.15, 0.2) is 58.3 Å². The first-order chi connectivity index (χ1) is 19.1. The van der Waals surface area contributed by atoms with Crippen LogP contribution in [0.25, 0.3) is 12.2 Å². The summed E-state index contributed by atoms with van der Waals surface area (Å²) in [4.78, 5) is 53.6. The van der Waals surface area contributed by atoms with Gasteiger partial charge in [-0.25, -0.2) is 0 Å². The van der Waals surface area contributed by atoms with Gasteiger partial charge in [0.1, 0.15) is 8.64 Å². The molecule has 0 radical (unpaired) electrons. The van der Waals surface area contributed by atoms with Crippen molar-refractivity contribution >= 4 is 116 Å². The molecule has 0 aliphatic carbocycles. The Labute approximate surface area is 259 Å². The number of nitrogens with one attached hydrogen (secondary N) is 2. The van der Waals surface area contributed by atoms with Crippen molar-refractivity contribution in [2.45, 2.75) is 12.8 Å². The molecular formula is C26H20Cl2N4O4S4. The third-order valence-corrected chi connectivity index (χ3v) is 9.04. The zero-order chi connectivity index (χ0) is 28.8. The van der Waals surface area contributed by atoms with Gasteiger partial charge in [0.25, 0.3) is 11.8 Å². The molecule has 40 heavy (non-hydrogen) atoms. The van der Waals surface area contributed by atoms with E-state index in [0.717, 1.165) is 23.5 Å². The highest BCUT2D eigenvalue weighted by Gasteiger charge is 2.33. The van der Waals surface area contributed by atoms with Gasteiger partial charge in [0, 0.05) is 36.0 Å². The molecule has 2 saturated heterocycles. The molecule has 2 aliphatic heterocycles. The number of hydrogen-bond donors (Lipinski definition) is 2. The molecule has 4 rings (SSSR count). The molecule has 0 saturated carbocycles. The number of nitrogens with zero attached hydrogens (tertiary/aromatic N) is 2. The standard InChI is InChI=1S/C26H20Cl2N4O4S4/c27-17-7-3-1-5-15(17)13-19-23(35)31(25(37)39-19)11-9-21(33)29-30-22(34)10-12-32-24(36)20(40-26(32)38)14-16-6-2-4-8-18(16)28/h1-8,13-14H,9-12H2,(H,29,33)(H,30,34). The van der Waals surface area contributed by atoms with E-state index in [1.54, 1.807) is 48.6 Å². The highest BCUT2D eigenvalue weighted by molar-refractivity contribution is 8.27. The van der Waals surface area contributed by atoms with E-state index in [9.17, 15) is 19.2 Å². The van der Waals surface area contributed by atoms with Crippen molar-refractivity contribution in [2.75, 3.05) is 13.1 Å². The SMILES string of the molecule is O=C(CCN1C(=O)C(=Cc2ccccc2Cl)SC1=S)NNC(=O)CCN1C(=O)C(=Cc2ccccc2Cl)SC1=S. The van der Waals surface area contributed by atoms with E-state index < -0.39 is 11.8 Å². The number of hydrogen-bond acceptors (Lipinski definition) is 8.